The monoisotopic (exact) mass is 312 g/mol. The zero-order chi connectivity index (χ0) is 15.4. The van der Waals surface area contributed by atoms with Crippen molar-refractivity contribution in [1.29, 1.82) is 0 Å². The van der Waals surface area contributed by atoms with E-state index >= 15 is 0 Å². The van der Waals surface area contributed by atoms with E-state index in [9.17, 15) is 4.39 Å². The van der Waals surface area contributed by atoms with Gasteiger partial charge in [0, 0.05) is 6.54 Å². The molecule has 1 aromatic heterocycles. The predicted octanol–water partition coefficient (Wildman–Crippen LogP) is 2.87. The summed E-state index contributed by atoms with van der Waals surface area (Å²) in [6.07, 6.45) is 0. The summed E-state index contributed by atoms with van der Waals surface area (Å²) < 4.78 is 19.0. The van der Waals surface area contributed by atoms with E-state index < -0.39 is 5.82 Å². The summed E-state index contributed by atoms with van der Waals surface area (Å²) in [4.78, 5) is 6.33. The number of hydrogen-bond acceptors (Lipinski definition) is 5. The molecule has 1 heterocycles. The van der Waals surface area contributed by atoms with Gasteiger partial charge in [0.25, 0.3) is 5.89 Å². The number of halogens is 2. The average Bonchev–Trinajstić information content (AvgIpc) is 2.97. The van der Waals surface area contributed by atoms with Gasteiger partial charge in [0.05, 0.1) is 16.6 Å². The molecule has 5 nitrogen and oxygen atoms in total. The minimum atomic E-state index is -0.577. The van der Waals surface area contributed by atoms with Gasteiger partial charge in [-0.1, -0.05) is 36.7 Å². The Bertz CT molecular complexity index is 600. The first-order valence-corrected chi connectivity index (χ1v) is 7.20. The molecule has 0 aliphatic rings. The molecule has 0 aliphatic carbocycles. The van der Waals surface area contributed by atoms with Crippen molar-refractivity contribution < 1.29 is 8.91 Å². The fourth-order valence-corrected chi connectivity index (χ4v) is 2.18. The highest BCUT2D eigenvalue weighted by atomic mass is 35.5. The maximum atomic E-state index is 13.9. The quantitative estimate of drug-likeness (QED) is 0.888. The smallest absolute Gasteiger partial charge is 0.261 e. The van der Waals surface area contributed by atoms with Crippen LogP contribution in [0.3, 0.4) is 0 Å². The lowest BCUT2D eigenvalue weighted by molar-refractivity contribution is 0.278. The lowest BCUT2D eigenvalue weighted by Crippen LogP contribution is -2.32. The van der Waals surface area contributed by atoms with Gasteiger partial charge in [0.2, 0.25) is 0 Å². The molecule has 0 radical (unpaired) electrons. The molecule has 1 aromatic carbocycles. The number of hydrogen-bond donors (Lipinski definition) is 1. The molecule has 1 unspecified atom stereocenters. The van der Waals surface area contributed by atoms with Gasteiger partial charge in [-0.25, -0.2) is 4.39 Å². The first-order valence-electron chi connectivity index (χ1n) is 6.82. The molecule has 7 heteroatoms. The molecule has 1 atom stereocenters. The van der Waals surface area contributed by atoms with Crippen molar-refractivity contribution in [1.82, 2.24) is 15.0 Å². The molecular weight excluding hydrogens is 295 g/mol. The van der Waals surface area contributed by atoms with E-state index in [1.54, 1.807) is 6.07 Å². The molecule has 21 heavy (non-hydrogen) atoms. The van der Waals surface area contributed by atoms with Gasteiger partial charge >= 0.3 is 0 Å². The van der Waals surface area contributed by atoms with Crippen molar-refractivity contribution >= 4 is 11.6 Å². The van der Waals surface area contributed by atoms with Gasteiger partial charge in [0.1, 0.15) is 0 Å². The van der Waals surface area contributed by atoms with E-state index in [0.717, 1.165) is 13.1 Å². The lowest BCUT2D eigenvalue weighted by Gasteiger charge is -2.20. The predicted molar refractivity (Wildman–Crippen MR) is 79.4 cm³/mol. The maximum Gasteiger partial charge on any atom is 0.261 e. The summed E-state index contributed by atoms with van der Waals surface area (Å²) in [6, 6.07) is 4.24. The standard InChI is InChI=1S/C14H18ClFN4O/c1-3-20(4-2)8-11(17)13-18-14(21-19-13)9-6-5-7-10(15)12(9)16/h5-7,11H,3-4,8,17H2,1-2H3. The molecular formula is C14H18ClFN4O. The summed E-state index contributed by atoms with van der Waals surface area (Å²) in [7, 11) is 0. The van der Waals surface area contributed by atoms with Gasteiger partial charge in [-0.2, -0.15) is 4.98 Å². The third-order valence-corrected chi connectivity index (χ3v) is 3.60. The summed E-state index contributed by atoms with van der Waals surface area (Å²) in [5.74, 6) is -0.136. The number of likely N-dealkylation sites (N-methyl/N-ethyl adjacent to an activating group) is 1. The Morgan fingerprint density at radius 3 is 2.76 bits per heavy atom. The Morgan fingerprint density at radius 1 is 1.38 bits per heavy atom. The second kappa shape index (κ2) is 6.98. The van der Waals surface area contributed by atoms with Crippen molar-refractivity contribution in [2.75, 3.05) is 19.6 Å². The van der Waals surface area contributed by atoms with Crippen LogP contribution in [-0.4, -0.2) is 34.7 Å². The molecule has 0 fully saturated rings. The van der Waals surface area contributed by atoms with Gasteiger partial charge in [-0.15, -0.1) is 0 Å². The molecule has 2 N–H and O–H groups in total. The van der Waals surface area contributed by atoms with Crippen LogP contribution >= 0.6 is 11.6 Å². The number of aromatic nitrogens is 2. The van der Waals surface area contributed by atoms with Crippen LogP contribution in [0.25, 0.3) is 11.5 Å². The van der Waals surface area contributed by atoms with E-state index in [0.29, 0.717) is 12.4 Å². The highest BCUT2D eigenvalue weighted by molar-refractivity contribution is 6.31. The van der Waals surface area contributed by atoms with Crippen molar-refractivity contribution in [3.05, 3.63) is 34.9 Å². The molecule has 0 spiro atoms. The van der Waals surface area contributed by atoms with Crippen LogP contribution in [0.2, 0.25) is 5.02 Å². The number of nitrogens with two attached hydrogens (primary N) is 1. The summed E-state index contributed by atoms with van der Waals surface area (Å²) >= 11 is 5.74. The molecule has 2 aromatic rings. The molecule has 0 bridgehead atoms. The fraction of sp³-hybridized carbons (Fsp3) is 0.429. The molecule has 0 saturated carbocycles. The number of rotatable bonds is 6. The Balaban J connectivity index is 2.19. The van der Waals surface area contributed by atoms with Crippen molar-refractivity contribution in [3.8, 4) is 11.5 Å². The highest BCUT2D eigenvalue weighted by Gasteiger charge is 2.19. The van der Waals surface area contributed by atoms with Gasteiger partial charge in [-0.3, -0.25) is 0 Å². The van der Waals surface area contributed by atoms with Gasteiger partial charge < -0.3 is 15.2 Å². The molecule has 0 amide bonds. The van der Waals surface area contributed by atoms with E-state index in [1.807, 2.05) is 0 Å². The largest absolute Gasteiger partial charge is 0.334 e. The third kappa shape index (κ3) is 3.58. The van der Waals surface area contributed by atoms with Crippen LogP contribution in [0.4, 0.5) is 4.39 Å². The lowest BCUT2D eigenvalue weighted by atomic mass is 10.2. The normalized spacial score (nSPS) is 12.9. The Hall–Kier alpha value is -1.50. The minimum Gasteiger partial charge on any atom is -0.334 e. The molecule has 0 aliphatic heterocycles. The second-order valence-corrected chi connectivity index (χ2v) is 5.06. The van der Waals surface area contributed by atoms with Crippen LogP contribution in [-0.2, 0) is 0 Å². The Morgan fingerprint density at radius 2 is 2.10 bits per heavy atom. The third-order valence-electron chi connectivity index (χ3n) is 3.30. The van der Waals surface area contributed by atoms with E-state index in [4.69, 9.17) is 21.9 Å². The topological polar surface area (TPSA) is 68.2 Å². The number of benzene rings is 1. The SMILES string of the molecule is CCN(CC)CC(N)c1noc(-c2cccc(Cl)c2F)n1. The van der Waals surface area contributed by atoms with Crippen molar-refractivity contribution in [3.63, 3.8) is 0 Å². The maximum absolute atomic E-state index is 13.9. The molecule has 0 saturated heterocycles. The van der Waals surface area contributed by atoms with E-state index in [1.165, 1.54) is 12.1 Å². The van der Waals surface area contributed by atoms with Crippen LogP contribution in [0.15, 0.2) is 22.7 Å². The van der Waals surface area contributed by atoms with Crippen LogP contribution in [0.1, 0.15) is 25.7 Å². The Labute approximate surface area is 127 Å². The average molecular weight is 313 g/mol. The molecule has 2 rings (SSSR count). The van der Waals surface area contributed by atoms with Gasteiger partial charge in [-0.05, 0) is 25.2 Å². The second-order valence-electron chi connectivity index (χ2n) is 4.65. The molecule has 114 valence electrons. The van der Waals surface area contributed by atoms with E-state index in [2.05, 4.69) is 28.9 Å². The van der Waals surface area contributed by atoms with Crippen LogP contribution in [0.5, 0.6) is 0 Å². The summed E-state index contributed by atoms with van der Waals surface area (Å²) in [6.45, 7) is 6.50. The number of nitrogens with zero attached hydrogens (tertiary/aromatic N) is 3. The van der Waals surface area contributed by atoms with Crippen LogP contribution in [0, 0.1) is 5.82 Å². The van der Waals surface area contributed by atoms with Gasteiger partial charge in [0.15, 0.2) is 11.6 Å². The highest BCUT2D eigenvalue weighted by Crippen LogP contribution is 2.26. The first-order chi connectivity index (χ1) is 10.1. The van der Waals surface area contributed by atoms with E-state index in [-0.39, 0.29) is 22.5 Å². The zero-order valence-electron chi connectivity index (χ0n) is 12.0. The van der Waals surface area contributed by atoms with Crippen molar-refractivity contribution in [2.45, 2.75) is 19.9 Å². The zero-order valence-corrected chi connectivity index (χ0v) is 12.8. The van der Waals surface area contributed by atoms with Crippen molar-refractivity contribution in [2.24, 2.45) is 5.73 Å². The summed E-state index contributed by atoms with van der Waals surface area (Å²) in [5.41, 5.74) is 6.24. The summed E-state index contributed by atoms with van der Waals surface area (Å²) in [5, 5.41) is 3.85. The van der Waals surface area contributed by atoms with Crippen LogP contribution < -0.4 is 5.73 Å². The first kappa shape index (κ1) is 15.9. The minimum absolute atomic E-state index is 0.0136. The Kier molecular flexibility index (Phi) is 5.27. The fourth-order valence-electron chi connectivity index (χ4n) is 2.01.